The Morgan fingerprint density at radius 3 is 2.60 bits per heavy atom. The Kier molecular flexibility index (Phi) is 5.33. The number of nitrogens with zero attached hydrogens (tertiary/aromatic N) is 4. The van der Waals surface area contributed by atoms with Gasteiger partial charge in [-0.3, -0.25) is 19.3 Å². The summed E-state index contributed by atoms with van der Waals surface area (Å²) in [5.41, 5.74) is 1.92. The second kappa shape index (κ2) is 8.39. The average Bonchev–Trinajstić information content (AvgIpc) is 3.46. The van der Waals surface area contributed by atoms with Crippen LogP contribution in [0.5, 0.6) is 0 Å². The molecule has 0 spiro atoms. The van der Waals surface area contributed by atoms with E-state index in [4.69, 9.17) is 4.52 Å². The quantitative estimate of drug-likeness (QED) is 0.511. The number of carbonyl (C=O) groups excluding carboxylic acids is 2. The van der Waals surface area contributed by atoms with Crippen LogP contribution in [0.3, 0.4) is 0 Å². The Bertz CT molecular complexity index is 1150. The van der Waals surface area contributed by atoms with Crippen molar-refractivity contribution in [2.24, 2.45) is 0 Å². The summed E-state index contributed by atoms with van der Waals surface area (Å²) < 4.78 is 6.79. The number of hydrogen-bond acceptors (Lipinski definition) is 6. The van der Waals surface area contributed by atoms with E-state index in [0.29, 0.717) is 17.1 Å². The first kappa shape index (κ1) is 19.1. The summed E-state index contributed by atoms with van der Waals surface area (Å²) in [5.74, 6) is -0.205. The van der Waals surface area contributed by atoms with E-state index in [2.05, 4.69) is 25.9 Å². The second-order valence-corrected chi connectivity index (χ2v) is 6.50. The maximum atomic E-state index is 12.5. The molecular formula is C21H18N6O3. The van der Waals surface area contributed by atoms with Crippen molar-refractivity contribution in [1.82, 2.24) is 19.9 Å². The first-order chi connectivity index (χ1) is 14.6. The summed E-state index contributed by atoms with van der Waals surface area (Å²) in [6.45, 7) is 1.75. The second-order valence-electron chi connectivity index (χ2n) is 6.50. The molecule has 1 atom stereocenters. The van der Waals surface area contributed by atoms with Gasteiger partial charge in [0.15, 0.2) is 11.5 Å². The highest BCUT2D eigenvalue weighted by Gasteiger charge is 2.16. The number of benzene rings is 1. The van der Waals surface area contributed by atoms with Crippen molar-refractivity contribution in [1.29, 1.82) is 0 Å². The van der Waals surface area contributed by atoms with Crippen LogP contribution < -0.4 is 10.6 Å². The number of hydrogen-bond donors (Lipinski definition) is 2. The minimum absolute atomic E-state index is 0.135. The van der Waals surface area contributed by atoms with Gasteiger partial charge >= 0.3 is 0 Å². The first-order valence-electron chi connectivity index (χ1n) is 9.18. The molecule has 2 amide bonds. The normalized spacial score (nSPS) is 11.6. The van der Waals surface area contributed by atoms with Gasteiger partial charge in [0.25, 0.3) is 5.91 Å². The van der Waals surface area contributed by atoms with Gasteiger partial charge in [0, 0.05) is 47.8 Å². The molecule has 9 heteroatoms. The molecule has 0 saturated heterocycles. The highest BCUT2D eigenvalue weighted by Crippen LogP contribution is 2.21. The SMILES string of the molecule is CC(C(=O)Nc1cccc(NC(=O)c2cc(-c3cccnc3)on2)c1)n1cccn1. The summed E-state index contributed by atoms with van der Waals surface area (Å²) in [4.78, 5) is 28.9. The fourth-order valence-electron chi connectivity index (χ4n) is 2.77. The van der Waals surface area contributed by atoms with E-state index in [1.165, 1.54) is 0 Å². The molecule has 1 aromatic carbocycles. The number of pyridine rings is 1. The lowest BCUT2D eigenvalue weighted by Crippen LogP contribution is -2.24. The lowest BCUT2D eigenvalue weighted by molar-refractivity contribution is -0.119. The molecule has 4 aromatic rings. The van der Waals surface area contributed by atoms with Crippen LogP contribution in [0.4, 0.5) is 11.4 Å². The number of rotatable bonds is 6. The summed E-state index contributed by atoms with van der Waals surface area (Å²) >= 11 is 0. The van der Waals surface area contributed by atoms with Gasteiger partial charge in [-0.25, -0.2) is 0 Å². The molecule has 0 fully saturated rings. The van der Waals surface area contributed by atoms with Crippen LogP contribution in [0, 0.1) is 0 Å². The van der Waals surface area contributed by atoms with Gasteiger partial charge in [0.1, 0.15) is 6.04 Å². The molecule has 0 aliphatic rings. The minimum Gasteiger partial charge on any atom is -0.355 e. The monoisotopic (exact) mass is 402 g/mol. The van der Waals surface area contributed by atoms with Gasteiger partial charge in [-0.05, 0) is 43.3 Å². The zero-order valence-corrected chi connectivity index (χ0v) is 16.0. The fourth-order valence-corrected chi connectivity index (χ4v) is 2.77. The lowest BCUT2D eigenvalue weighted by atomic mass is 10.2. The van der Waals surface area contributed by atoms with E-state index < -0.39 is 11.9 Å². The van der Waals surface area contributed by atoms with Crippen LogP contribution in [0.1, 0.15) is 23.5 Å². The van der Waals surface area contributed by atoms with E-state index in [0.717, 1.165) is 5.56 Å². The molecular weight excluding hydrogens is 384 g/mol. The Hall–Kier alpha value is -4.27. The van der Waals surface area contributed by atoms with Crippen molar-refractivity contribution in [2.45, 2.75) is 13.0 Å². The Morgan fingerprint density at radius 1 is 1.03 bits per heavy atom. The van der Waals surface area contributed by atoms with E-state index in [-0.39, 0.29) is 11.6 Å². The fraction of sp³-hybridized carbons (Fsp3) is 0.0952. The molecule has 0 radical (unpaired) electrons. The highest BCUT2D eigenvalue weighted by atomic mass is 16.5. The van der Waals surface area contributed by atoms with Crippen molar-refractivity contribution in [3.8, 4) is 11.3 Å². The van der Waals surface area contributed by atoms with Gasteiger partial charge in [-0.2, -0.15) is 5.10 Å². The van der Waals surface area contributed by atoms with Gasteiger partial charge in [-0.1, -0.05) is 11.2 Å². The number of amides is 2. The molecule has 0 aliphatic heterocycles. The molecule has 9 nitrogen and oxygen atoms in total. The predicted octanol–water partition coefficient (Wildman–Crippen LogP) is 3.39. The van der Waals surface area contributed by atoms with Gasteiger partial charge in [-0.15, -0.1) is 0 Å². The Labute approximate surface area is 171 Å². The van der Waals surface area contributed by atoms with Crippen molar-refractivity contribution in [3.05, 3.63) is 79.0 Å². The Balaban J connectivity index is 1.42. The average molecular weight is 402 g/mol. The summed E-state index contributed by atoms with van der Waals surface area (Å²) in [6.07, 6.45) is 6.61. The van der Waals surface area contributed by atoms with Crippen molar-refractivity contribution >= 4 is 23.2 Å². The van der Waals surface area contributed by atoms with Crippen molar-refractivity contribution in [3.63, 3.8) is 0 Å². The third-order valence-electron chi connectivity index (χ3n) is 4.38. The molecule has 3 heterocycles. The number of carbonyl (C=O) groups is 2. The van der Waals surface area contributed by atoms with Crippen LogP contribution in [0.15, 0.2) is 77.8 Å². The number of nitrogens with one attached hydrogen (secondary N) is 2. The number of aromatic nitrogens is 4. The molecule has 30 heavy (non-hydrogen) atoms. The predicted molar refractivity (Wildman–Crippen MR) is 110 cm³/mol. The van der Waals surface area contributed by atoms with E-state index in [9.17, 15) is 9.59 Å². The molecule has 2 N–H and O–H groups in total. The van der Waals surface area contributed by atoms with Crippen molar-refractivity contribution in [2.75, 3.05) is 10.6 Å². The topological polar surface area (TPSA) is 115 Å². The maximum Gasteiger partial charge on any atom is 0.277 e. The van der Waals surface area contributed by atoms with Crippen LogP contribution in [0.2, 0.25) is 0 Å². The summed E-state index contributed by atoms with van der Waals surface area (Å²) in [6, 6.07) is 13.2. The smallest absolute Gasteiger partial charge is 0.277 e. The minimum atomic E-state index is -0.473. The van der Waals surface area contributed by atoms with E-state index >= 15 is 0 Å². The molecule has 0 bridgehead atoms. The molecule has 0 saturated carbocycles. The highest BCUT2D eigenvalue weighted by molar-refractivity contribution is 6.03. The van der Waals surface area contributed by atoms with Gasteiger partial charge in [0.05, 0.1) is 0 Å². The van der Waals surface area contributed by atoms with Crippen LogP contribution in [0.25, 0.3) is 11.3 Å². The molecule has 3 aromatic heterocycles. The number of anilines is 2. The Morgan fingerprint density at radius 2 is 1.87 bits per heavy atom. The standard InChI is InChI=1S/C21H18N6O3/c1-14(27-10-4-9-23-27)20(28)24-16-6-2-7-17(11-16)25-21(29)18-12-19(30-26-18)15-5-3-8-22-13-15/h2-14H,1H3,(H,24,28)(H,25,29). The largest absolute Gasteiger partial charge is 0.355 e. The van der Waals surface area contributed by atoms with Crippen LogP contribution >= 0.6 is 0 Å². The first-order valence-corrected chi connectivity index (χ1v) is 9.18. The molecule has 150 valence electrons. The third-order valence-corrected chi connectivity index (χ3v) is 4.38. The molecule has 1 unspecified atom stereocenters. The maximum absolute atomic E-state index is 12.5. The van der Waals surface area contributed by atoms with Gasteiger partial charge < -0.3 is 15.2 Å². The third kappa shape index (κ3) is 4.25. The lowest BCUT2D eigenvalue weighted by Gasteiger charge is -2.13. The molecule has 4 rings (SSSR count). The summed E-state index contributed by atoms with van der Waals surface area (Å²) in [5, 5.41) is 13.5. The van der Waals surface area contributed by atoms with E-state index in [1.807, 2.05) is 6.07 Å². The molecule has 0 aliphatic carbocycles. The zero-order valence-electron chi connectivity index (χ0n) is 16.0. The van der Waals surface area contributed by atoms with Crippen LogP contribution in [-0.4, -0.2) is 31.7 Å². The van der Waals surface area contributed by atoms with Gasteiger partial charge in [0.2, 0.25) is 5.91 Å². The summed E-state index contributed by atoms with van der Waals surface area (Å²) in [7, 11) is 0. The van der Waals surface area contributed by atoms with Crippen LogP contribution in [-0.2, 0) is 4.79 Å². The van der Waals surface area contributed by atoms with Crippen molar-refractivity contribution < 1.29 is 14.1 Å². The van der Waals surface area contributed by atoms with E-state index in [1.54, 1.807) is 78.9 Å². The zero-order chi connectivity index (χ0) is 20.9.